The molecule has 0 N–H and O–H groups in total. The van der Waals surface area contributed by atoms with Gasteiger partial charge < -0.3 is 0 Å². The number of halogens is 4. The minimum absolute atomic E-state index is 0.0375. The van der Waals surface area contributed by atoms with Crippen LogP contribution in [0.15, 0.2) is 6.20 Å². The van der Waals surface area contributed by atoms with Crippen LogP contribution in [-0.2, 0) is 6.54 Å². The zero-order chi connectivity index (χ0) is 10.8. The van der Waals surface area contributed by atoms with Crippen LogP contribution in [0.5, 0.6) is 0 Å². The van der Waals surface area contributed by atoms with E-state index in [1.807, 2.05) is 6.92 Å². The van der Waals surface area contributed by atoms with E-state index in [-0.39, 0.29) is 4.83 Å². The normalized spacial score (nSPS) is 14.4. The number of alkyl halides is 4. The Balaban J connectivity index is 2.69. The Morgan fingerprint density at radius 2 is 2.21 bits per heavy atom. The van der Waals surface area contributed by atoms with E-state index in [9.17, 15) is 13.2 Å². The summed E-state index contributed by atoms with van der Waals surface area (Å²) in [4.78, 5) is -0.0375. The average Bonchev–Trinajstić information content (AvgIpc) is 2.48. The van der Waals surface area contributed by atoms with Crippen LogP contribution in [0.2, 0.25) is 0 Å². The van der Waals surface area contributed by atoms with Gasteiger partial charge in [-0.05, 0) is 6.42 Å². The Morgan fingerprint density at radius 1 is 1.57 bits per heavy atom. The predicted molar refractivity (Wildman–Crippen MR) is 48.0 cm³/mol. The summed E-state index contributed by atoms with van der Waals surface area (Å²) in [5.41, 5.74) is 0.525. The van der Waals surface area contributed by atoms with Crippen molar-refractivity contribution in [3.8, 4) is 0 Å². The molecule has 1 aromatic heterocycles. The Kier molecular flexibility index (Phi) is 3.52. The minimum Gasteiger partial charge on any atom is -0.243 e. The van der Waals surface area contributed by atoms with Crippen molar-refractivity contribution < 1.29 is 13.2 Å². The molecule has 14 heavy (non-hydrogen) atoms. The lowest BCUT2D eigenvalue weighted by atomic mass is 10.3. The molecule has 0 spiro atoms. The molecule has 0 aliphatic rings. The second-order valence-corrected chi connectivity index (χ2v) is 3.94. The molecule has 1 unspecified atom stereocenters. The standard InChI is InChI=1S/C7H9BrF3N3/c1-2-5(8)6-3-14(13-12-6)4-7(9,10)11/h3,5H,2,4H2,1H3. The summed E-state index contributed by atoms with van der Waals surface area (Å²) >= 11 is 3.28. The van der Waals surface area contributed by atoms with E-state index in [4.69, 9.17) is 0 Å². The van der Waals surface area contributed by atoms with Crippen molar-refractivity contribution in [3.63, 3.8) is 0 Å². The van der Waals surface area contributed by atoms with Crippen LogP contribution in [0.1, 0.15) is 23.9 Å². The maximum Gasteiger partial charge on any atom is 0.408 e. The van der Waals surface area contributed by atoms with Crippen LogP contribution >= 0.6 is 15.9 Å². The lowest BCUT2D eigenvalue weighted by Crippen LogP contribution is -2.18. The molecule has 7 heteroatoms. The first-order valence-corrected chi connectivity index (χ1v) is 4.95. The summed E-state index contributed by atoms with van der Waals surface area (Å²) in [6.07, 6.45) is -2.19. The van der Waals surface area contributed by atoms with Crippen LogP contribution in [0, 0.1) is 0 Å². The molecule has 0 radical (unpaired) electrons. The zero-order valence-corrected chi connectivity index (χ0v) is 9.01. The molecule has 1 heterocycles. The van der Waals surface area contributed by atoms with Crippen molar-refractivity contribution >= 4 is 15.9 Å². The van der Waals surface area contributed by atoms with Gasteiger partial charge in [0.25, 0.3) is 0 Å². The van der Waals surface area contributed by atoms with Gasteiger partial charge in [-0.2, -0.15) is 13.2 Å². The molecule has 0 aromatic carbocycles. The minimum atomic E-state index is -4.25. The topological polar surface area (TPSA) is 30.7 Å². The maximum atomic E-state index is 11.9. The molecule has 80 valence electrons. The Labute approximate surface area is 87.4 Å². The summed E-state index contributed by atoms with van der Waals surface area (Å²) in [5, 5.41) is 7.02. The molecular formula is C7H9BrF3N3. The van der Waals surface area contributed by atoms with Crippen molar-refractivity contribution in [1.82, 2.24) is 15.0 Å². The maximum absolute atomic E-state index is 11.9. The van der Waals surface area contributed by atoms with E-state index < -0.39 is 12.7 Å². The Morgan fingerprint density at radius 3 is 2.71 bits per heavy atom. The monoisotopic (exact) mass is 271 g/mol. The molecule has 0 fully saturated rings. The summed E-state index contributed by atoms with van der Waals surface area (Å²) in [5.74, 6) is 0. The van der Waals surface area contributed by atoms with E-state index in [0.29, 0.717) is 5.69 Å². The molecule has 3 nitrogen and oxygen atoms in total. The molecule has 0 aliphatic heterocycles. The van der Waals surface area contributed by atoms with Gasteiger partial charge in [-0.15, -0.1) is 5.10 Å². The van der Waals surface area contributed by atoms with Crippen molar-refractivity contribution in [2.45, 2.75) is 30.9 Å². The lowest BCUT2D eigenvalue weighted by molar-refractivity contribution is -0.142. The van der Waals surface area contributed by atoms with Gasteiger partial charge in [0, 0.05) is 6.20 Å². The van der Waals surface area contributed by atoms with Gasteiger partial charge in [-0.3, -0.25) is 0 Å². The van der Waals surface area contributed by atoms with Crippen molar-refractivity contribution in [3.05, 3.63) is 11.9 Å². The summed E-state index contributed by atoms with van der Waals surface area (Å²) < 4.78 is 36.6. The highest BCUT2D eigenvalue weighted by atomic mass is 79.9. The highest BCUT2D eigenvalue weighted by molar-refractivity contribution is 9.09. The first kappa shape index (κ1) is 11.5. The fraction of sp³-hybridized carbons (Fsp3) is 0.714. The summed E-state index contributed by atoms with van der Waals surface area (Å²) in [7, 11) is 0. The predicted octanol–water partition coefficient (Wildman–Crippen LogP) is 2.69. The smallest absolute Gasteiger partial charge is 0.243 e. The van der Waals surface area contributed by atoms with Gasteiger partial charge in [-0.1, -0.05) is 28.1 Å². The molecule has 0 saturated heterocycles. The summed E-state index contributed by atoms with van der Waals surface area (Å²) in [6, 6.07) is 0. The van der Waals surface area contributed by atoms with E-state index in [2.05, 4.69) is 26.2 Å². The van der Waals surface area contributed by atoms with Gasteiger partial charge >= 0.3 is 6.18 Å². The van der Waals surface area contributed by atoms with E-state index in [0.717, 1.165) is 11.1 Å². The van der Waals surface area contributed by atoms with Crippen molar-refractivity contribution in [2.75, 3.05) is 0 Å². The quantitative estimate of drug-likeness (QED) is 0.792. The molecule has 0 aliphatic carbocycles. The molecule has 1 rings (SSSR count). The number of rotatable bonds is 3. The number of aromatic nitrogens is 3. The molecule has 1 atom stereocenters. The Hall–Kier alpha value is -0.590. The fourth-order valence-electron chi connectivity index (χ4n) is 0.927. The first-order chi connectivity index (χ1) is 6.42. The highest BCUT2D eigenvalue weighted by Crippen LogP contribution is 2.24. The molecule has 0 saturated carbocycles. The highest BCUT2D eigenvalue weighted by Gasteiger charge is 2.28. The van der Waals surface area contributed by atoms with Crippen molar-refractivity contribution in [2.24, 2.45) is 0 Å². The van der Waals surface area contributed by atoms with Crippen LogP contribution in [0.4, 0.5) is 13.2 Å². The fourth-order valence-corrected chi connectivity index (χ4v) is 1.14. The molecule has 0 amide bonds. The van der Waals surface area contributed by atoms with E-state index >= 15 is 0 Å². The van der Waals surface area contributed by atoms with Crippen LogP contribution in [0.25, 0.3) is 0 Å². The van der Waals surface area contributed by atoms with Gasteiger partial charge in [-0.25, -0.2) is 4.68 Å². The number of hydrogen-bond acceptors (Lipinski definition) is 2. The van der Waals surface area contributed by atoms with Crippen LogP contribution in [-0.4, -0.2) is 21.2 Å². The van der Waals surface area contributed by atoms with Gasteiger partial charge in [0.15, 0.2) is 0 Å². The van der Waals surface area contributed by atoms with E-state index in [1.54, 1.807) is 0 Å². The molecular weight excluding hydrogens is 263 g/mol. The third kappa shape index (κ3) is 3.28. The first-order valence-electron chi connectivity index (χ1n) is 4.03. The molecule has 1 aromatic rings. The van der Waals surface area contributed by atoms with Crippen molar-refractivity contribution in [1.29, 1.82) is 0 Å². The third-order valence-electron chi connectivity index (χ3n) is 1.58. The van der Waals surface area contributed by atoms with Gasteiger partial charge in [0.1, 0.15) is 6.54 Å². The number of nitrogens with zero attached hydrogens (tertiary/aromatic N) is 3. The van der Waals surface area contributed by atoms with E-state index in [1.165, 1.54) is 6.20 Å². The largest absolute Gasteiger partial charge is 0.408 e. The van der Waals surface area contributed by atoms with Crippen LogP contribution < -0.4 is 0 Å². The summed E-state index contributed by atoms with van der Waals surface area (Å²) in [6.45, 7) is 0.811. The average molecular weight is 272 g/mol. The van der Waals surface area contributed by atoms with Gasteiger partial charge in [0.05, 0.1) is 10.5 Å². The number of hydrogen-bond donors (Lipinski definition) is 0. The zero-order valence-electron chi connectivity index (χ0n) is 7.42. The SMILES string of the molecule is CCC(Br)c1cn(CC(F)(F)F)nn1. The third-order valence-corrected chi connectivity index (χ3v) is 2.69. The second kappa shape index (κ2) is 4.29. The lowest BCUT2D eigenvalue weighted by Gasteiger charge is -2.04. The van der Waals surface area contributed by atoms with Crippen LogP contribution in [0.3, 0.4) is 0 Å². The Bertz CT molecular complexity index is 297. The molecule has 0 bridgehead atoms. The van der Waals surface area contributed by atoms with Gasteiger partial charge in [0.2, 0.25) is 0 Å². The second-order valence-electron chi connectivity index (χ2n) is 2.83.